The second kappa shape index (κ2) is 9.25. The van der Waals surface area contributed by atoms with Gasteiger partial charge in [0.1, 0.15) is 34.0 Å². The molecule has 184 valence electrons. The number of carbonyl (C=O) groups excluding carboxylic acids is 1. The van der Waals surface area contributed by atoms with Crippen molar-refractivity contribution >= 4 is 45.2 Å². The van der Waals surface area contributed by atoms with Crippen LogP contribution in [0.25, 0.3) is 21.9 Å². The highest BCUT2D eigenvalue weighted by atomic mass is 35.5. The Morgan fingerprint density at radius 2 is 1.68 bits per heavy atom. The van der Waals surface area contributed by atoms with Gasteiger partial charge in [-0.1, -0.05) is 11.6 Å². The van der Waals surface area contributed by atoms with E-state index in [1.807, 2.05) is 0 Å². The lowest BCUT2D eigenvalue weighted by atomic mass is 10.1. The number of benzene rings is 3. The third-order valence-electron chi connectivity index (χ3n) is 5.45. The maximum Gasteiger partial charge on any atom is 0.343 e. The van der Waals surface area contributed by atoms with E-state index in [0.717, 1.165) is 23.3 Å². The number of carbonyl (C=O) groups is 1. The predicted molar refractivity (Wildman–Crippen MR) is 133 cm³/mol. The standard InChI is InChI=1S/C26H14ClNO9/c1-13-8-24(29)37-22-11-15(3-5-17(13)22)35-23-12-34-21-10-16(4-6-18(21)25(23)30)36-26(31)14-2-7-19(27)20(9-14)28(32)33/h2-12H,1H3. The first-order valence-electron chi connectivity index (χ1n) is 10.6. The number of nitrogens with zero attached hydrogens (tertiary/aromatic N) is 1. The molecule has 0 saturated carbocycles. The fraction of sp³-hybridized carbons (Fsp3) is 0.0385. The zero-order valence-electron chi connectivity index (χ0n) is 18.9. The number of nitro benzene ring substituents is 1. The lowest BCUT2D eigenvalue weighted by Crippen LogP contribution is -2.09. The third-order valence-corrected chi connectivity index (χ3v) is 5.77. The van der Waals surface area contributed by atoms with Gasteiger partial charge in [0.15, 0.2) is 0 Å². The Morgan fingerprint density at radius 3 is 2.46 bits per heavy atom. The SMILES string of the molecule is Cc1cc(=O)oc2cc(Oc3coc4cc(OC(=O)c5ccc(Cl)c([N+](=O)[O-])c5)ccc4c3=O)ccc12. The van der Waals surface area contributed by atoms with Gasteiger partial charge < -0.3 is 18.3 Å². The van der Waals surface area contributed by atoms with Crippen molar-refractivity contribution in [3.63, 3.8) is 0 Å². The number of esters is 1. The molecular weight excluding hydrogens is 506 g/mol. The van der Waals surface area contributed by atoms with Crippen LogP contribution in [0.3, 0.4) is 0 Å². The molecule has 0 N–H and O–H groups in total. The molecule has 2 aromatic heterocycles. The average Bonchev–Trinajstić information content (AvgIpc) is 2.85. The Labute approximate surface area is 211 Å². The van der Waals surface area contributed by atoms with Crippen molar-refractivity contribution in [2.75, 3.05) is 0 Å². The summed E-state index contributed by atoms with van der Waals surface area (Å²) in [6.45, 7) is 1.78. The molecule has 5 rings (SSSR count). The molecule has 0 amide bonds. The molecule has 0 radical (unpaired) electrons. The number of hydrogen-bond donors (Lipinski definition) is 0. The van der Waals surface area contributed by atoms with Crippen LogP contribution >= 0.6 is 11.6 Å². The van der Waals surface area contributed by atoms with Crippen LogP contribution in [-0.4, -0.2) is 10.9 Å². The molecule has 0 unspecified atom stereocenters. The first-order valence-corrected chi connectivity index (χ1v) is 11.0. The fourth-order valence-corrected chi connectivity index (χ4v) is 3.85. The van der Waals surface area contributed by atoms with Crippen molar-refractivity contribution in [2.45, 2.75) is 6.92 Å². The van der Waals surface area contributed by atoms with Crippen molar-refractivity contribution in [3.05, 3.63) is 114 Å². The molecule has 0 aliphatic heterocycles. The molecule has 0 atom stereocenters. The van der Waals surface area contributed by atoms with E-state index in [9.17, 15) is 24.5 Å². The number of ether oxygens (including phenoxy) is 2. The number of hydrogen-bond acceptors (Lipinski definition) is 9. The fourth-order valence-electron chi connectivity index (χ4n) is 3.67. The Hall–Kier alpha value is -4.96. The van der Waals surface area contributed by atoms with Crippen molar-refractivity contribution in [1.82, 2.24) is 0 Å². The van der Waals surface area contributed by atoms with Crippen molar-refractivity contribution in [2.24, 2.45) is 0 Å². The van der Waals surface area contributed by atoms with Crippen molar-refractivity contribution in [3.8, 4) is 17.2 Å². The van der Waals surface area contributed by atoms with Crippen LogP contribution in [0, 0.1) is 17.0 Å². The van der Waals surface area contributed by atoms with E-state index in [2.05, 4.69) is 0 Å². The highest BCUT2D eigenvalue weighted by Gasteiger charge is 2.18. The van der Waals surface area contributed by atoms with Gasteiger partial charge in [-0.05, 0) is 48.9 Å². The molecule has 10 nitrogen and oxygen atoms in total. The highest BCUT2D eigenvalue weighted by Crippen LogP contribution is 2.29. The zero-order valence-corrected chi connectivity index (χ0v) is 19.6. The molecule has 11 heteroatoms. The van der Waals surface area contributed by atoms with Crippen molar-refractivity contribution < 1.29 is 28.0 Å². The highest BCUT2D eigenvalue weighted by molar-refractivity contribution is 6.32. The van der Waals surface area contributed by atoms with E-state index >= 15 is 0 Å². The minimum atomic E-state index is -0.861. The number of aryl methyl sites for hydroxylation is 1. The Bertz CT molecular complexity index is 1860. The molecule has 3 aromatic carbocycles. The van der Waals surface area contributed by atoms with Gasteiger partial charge in [0.2, 0.25) is 11.2 Å². The summed E-state index contributed by atoms with van der Waals surface area (Å²) >= 11 is 5.77. The molecule has 0 spiro atoms. The van der Waals surface area contributed by atoms with Gasteiger partial charge in [-0.25, -0.2) is 9.59 Å². The molecule has 0 bridgehead atoms. The second-order valence-electron chi connectivity index (χ2n) is 7.91. The minimum Gasteiger partial charge on any atom is -0.460 e. The van der Waals surface area contributed by atoms with E-state index in [0.29, 0.717) is 5.58 Å². The summed E-state index contributed by atoms with van der Waals surface area (Å²) in [7, 11) is 0. The zero-order chi connectivity index (χ0) is 26.3. The molecule has 0 aliphatic rings. The quantitative estimate of drug-likeness (QED) is 0.0928. The normalized spacial score (nSPS) is 11.0. The Kier molecular flexibility index (Phi) is 5.94. The minimum absolute atomic E-state index is 0.0480. The van der Waals surface area contributed by atoms with Crippen LogP contribution in [-0.2, 0) is 0 Å². The van der Waals surface area contributed by atoms with E-state index < -0.39 is 27.6 Å². The van der Waals surface area contributed by atoms with Crippen molar-refractivity contribution in [1.29, 1.82) is 0 Å². The van der Waals surface area contributed by atoms with E-state index in [-0.39, 0.29) is 38.8 Å². The molecule has 37 heavy (non-hydrogen) atoms. The third kappa shape index (κ3) is 4.65. The maximum absolute atomic E-state index is 13.0. The molecule has 5 aromatic rings. The summed E-state index contributed by atoms with van der Waals surface area (Å²) in [5.41, 5.74) is -0.333. The summed E-state index contributed by atoms with van der Waals surface area (Å²) in [5, 5.41) is 11.8. The van der Waals surface area contributed by atoms with Gasteiger partial charge in [-0.15, -0.1) is 0 Å². The van der Waals surface area contributed by atoms with Crippen LogP contribution in [0.1, 0.15) is 15.9 Å². The summed E-state index contributed by atoms with van der Waals surface area (Å²) in [6.07, 6.45) is 1.11. The predicted octanol–water partition coefficient (Wildman–Crippen LogP) is 5.78. The van der Waals surface area contributed by atoms with Crippen LogP contribution in [0.5, 0.6) is 17.2 Å². The number of halogens is 1. The lowest BCUT2D eigenvalue weighted by molar-refractivity contribution is -0.384. The summed E-state index contributed by atoms with van der Waals surface area (Å²) in [4.78, 5) is 47.4. The van der Waals surface area contributed by atoms with E-state index in [4.69, 9.17) is 29.9 Å². The molecule has 0 aliphatic carbocycles. The van der Waals surface area contributed by atoms with E-state index in [1.165, 1.54) is 42.5 Å². The first-order chi connectivity index (χ1) is 17.7. The van der Waals surface area contributed by atoms with Crippen LogP contribution in [0.15, 0.2) is 85.4 Å². The van der Waals surface area contributed by atoms with Crippen LogP contribution in [0.2, 0.25) is 5.02 Å². The molecule has 0 fully saturated rings. The second-order valence-corrected chi connectivity index (χ2v) is 8.32. The van der Waals surface area contributed by atoms with Gasteiger partial charge >= 0.3 is 11.6 Å². The largest absolute Gasteiger partial charge is 0.460 e. The number of fused-ring (bicyclic) bond motifs is 2. The van der Waals surface area contributed by atoms with Gasteiger partial charge in [0, 0.05) is 29.7 Å². The number of nitro groups is 1. The monoisotopic (exact) mass is 519 g/mol. The Morgan fingerprint density at radius 1 is 0.946 bits per heavy atom. The van der Waals surface area contributed by atoms with E-state index in [1.54, 1.807) is 19.1 Å². The average molecular weight is 520 g/mol. The summed E-state index contributed by atoms with van der Waals surface area (Å²) in [5.74, 6) is -0.665. The summed E-state index contributed by atoms with van der Waals surface area (Å²) < 4.78 is 21.7. The Balaban J connectivity index is 1.40. The maximum atomic E-state index is 13.0. The smallest absolute Gasteiger partial charge is 0.343 e. The van der Waals surface area contributed by atoms with Gasteiger partial charge in [0.05, 0.1) is 15.9 Å². The van der Waals surface area contributed by atoms with Gasteiger partial charge in [0.25, 0.3) is 5.69 Å². The van der Waals surface area contributed by atoms with Gasteiger partial charge in [-0.3, -0.25) is 14.9 Å². The number of rotatable bonds is 5. The topological polar surface area (TPSA) is 139 Å². The molecular formula is C26H14ClNO9. The lowest BCUT2D eigenvalue weighted by Gasteiger charge is -2.08. The van der Waals surface area contributed by atoms with Crippen LogP contribution in [0.4, 0.5) is 5.69 Å². The first kappa shape index (κ1) is 23.8. The molecule has 0 saturated heterocycles. The van der Waals surface area contributed by atoms with Crippen LogP contribution < -0.4 is 20.5 Å². The molecule has 2 heterocycles. The summed E-state index contributed by atoms with van der Waals surface area (Å²) in [6, 6.07) is 13.8. The van der Waals surface area contributed by atoms with Gasteiger partial charge in [-0.2, -0.15) is 0 Å².